The standard InChI is InChI=1S/C15H16N2O2/c1-9(2)7-17-8-16-13-14(17)11-6-10(3)4-5-12(11)19-15(13)18/h4-6,8-9H,7H2,1-3H3. The van der Waals surface area contributed by atoms with Crippen LogP contribution in [0.15, 0.2) is 33.7 Å². The SMILES string of the molecule is Cc1ccc2oc(=O)c3ncn(CC(C)C)c3c2c1. The van der Waals surface area contributed by atoms with Crippen molar-refractivity contribution in [2.45, 2.75) is 27.3 Å². The molecular formula is C15H16N2O2. The molecule has 0 N–H and O–H groups in total. The van der Waals surface area contributed by atoms with Gasteiger partial charge in [0.05, 0.1) is 11.8 Å². The van der Waals surface area contributed by atoms with E-state index in [9.17, 15) is 4.79 Å². The smallest absolute Gasteiger partial charge is 0.364 e. The lowest BCUT2D eigenvalue weighted by Gasteiger charge is -2.08. The molecule has 2 heterocycles. The van der Waals surface area contributed by atoms with E-state index in [2.05, 4.69) is 18.8 Å². The van der Waals surface area contributed by atoms with Gasteiger partial charge in [-0.05, 0) is 25.0 Å². The minimum atomic E-state index is -0.367. The van der Waals surface area contributed by atoms with Crippen LogP contribution in [-0.4, -0.2) is 9.55 Å². The summed E-state index contributed by atoms with van der Waals surface area (Å²) in [7, 11) is 0. The molecule has 4 heteroatoms. The Hall–Kier alpha value is -2.10. The predicted molar refractivity (Wildman–Crippen MR) is 75.4 cm³/mol. The molecule has 3 rings (SSSR count). The summed E-state index contributed by atoms with van der Waals surface area (Å²) in [5.74, 6) is 0.490. The average molecular weight is 256 g/mol. The van der Waals surface area contributed by atoms with E-state index in [4.69, 9.17) is 4.42 Å². The van der Waals surface area contributed by atoms with E-state index in [-0.39, 0.29) is 5.63 Å². The Morgan fingerprint density at radius 1 is 1.37 bits per heavy atom. The lowest BCUT2D eigenvalue weighted by atomic mass is 10.1. The maximum atomic E-state index is 11.9. The zero-order valence-corrected chi connectivity index (χ0v) is 11.3. The van der Waals surface area contributed by atoms with Crippen LogP contribution in [0, 0.1) is 12.8 Å². The summed E-state index contributed by atoms with van der Waals surface area (Å²) in [6, 6.07) is 5.83. The third-order valence-corrected chi connectivity index (χ3v) is 3.19. The summed E-state index contributed by atoms with van der Waals surface area (Å²) in [5.41, 5.74) is 2.69. The molecule has 0 saturated heterocycles. The lowest BCUT2D eigenvalue weighted by Crippen LogP contribution is -2.05. The number of imidazole rings is 1. The summed E-state index contributed by atoms with van der Waals surface area (Å²) < 4.78 is 7.36. The molecule has 0 aliphatic rings. The molecule has 0 atom stereocenters. The van der Waals surface area contributed by atoms with Gasteiger partial charge in [-0.25, -0.2) is 9.78 Å². The summed E-state index contributed by atoms with van der Waals surface area (Å²) in [6.07, 6.45) is 1.73. The van der Waals surface area contributed by atoms with E-state index < -0.39 is 0 Å². The van der Waals surface area contributed by atoms with Crippen molar-refractivity contribution in [1.82, 2.24) is 9.55 Å². The normalized spacial score (nSPS) is 11.8. The number of hydrogen-bond acceptors (Lipinski definition) is 3. The van der Waals surface area contributed by atoms with Gasteiger partial charge in [0.1, 0.15) is 5.58 Å². The number of aryl methyl sites for hydroxylation is 1. The van der Waals surface area contributed by atoms with E-state index in [1.54, 1.807) is 6.33 Å². The third kappa shape index (κ3) is 1.93. The second kappa shape index (κ2) is 4.23. The largest absolute Gasteiger partial charge is 0.421 e. The maximum Gasteiger partial charge on any atom is 0.364 e. The van der Waals surface area contributed by atoms with Gasteiger partial charge in [-0.1, -0.05) is 25.5 Å². The molecule has 0 spiro atoms. The van der Waals surface area contributed by atoms with Gasteiger partial charge in [-0.15, -0.1) is 0 Å². The van der Waals surface area contributed by atoms with Crippen molar-refractivity contribution in [3.63, 3.8) is 0 Å². The molecule has 1 aromatic carbocycles. The number of hydrogen-bond donors (Lipinski definition) is 0. The Bertz CT molecular complexity index is 812. The van der Waals surface area contributed by atoms with E-state index in [0.29, 0.717) is 17.0 Å². The number of benzene rings is 1. The van der Waals surface area contributed by atoms with Crippen molar-refractivity contribution in [3.8, 4) is 0 Å². The summed E-state index contributed by atoms with van der Waals surface area (Å²) in [4.78, 5) is 16.1. The van der Waals surface area contributed by atoms with Gasteiger partial charge in [0.15, 0.2) is 5.52 Å². The molecular weight excluding hydrogens is 240 g/mol. The van der Waals surface area contributed by atoms with Crippen LogP contribution in [0.4, 0.5) is 0 Å². The van der Waals surface area contributed by atoms with Crippen molar-refractivity contribution >= 4 is 22.0 Å². The Morgan fingerprint density at radius 2 is 2.16 bits per heavy atom. The number of aromatic nitrogens is 2. The molecule has 0 saturated carbocycles. The fourth-order valence-electron chi connectivity index (χ4n) is 2.41. The Labute approximate surface area is 110 Å². The minimum Gasteiger partial charge on any atom is -0.421 e. The minimum absolute atomic E-state index is 0.367. The molecule has 0 amide bonds. The molecule has 0 aliphatic heterocycles. The fourth-order valence-corrected chi connectivity index (χ4v) is 2.41. The molecule has 0 fully saturated rings. The van der Waals surface area contributed by atoms with Crippen molar-refractivity contribution in [3.05, 3.63) is 40.5 Å². The van der Waals surface area contributed by atoms with Crippen molar-refractivity contribution in [2.24, 2.45) is 5.92 Å². The van der Waals surface area contributed by atoms with Crippen LogP contribution in [0.1, 0.15) is 19.4 Å². The Kier molecular flexibility index (Phi) is 2.66. The molecule has 2 aromatic heterocycles. The first-order chi connectivity index (χ1) is 9.06. The van der Waals surface area contributed by atoms with Crippen LogP contribution in [0.5, 0.6) is 0 Å². The fraction of sp³-hybridized carbons (Fsp3) is 0.333. The van der Waals surface area contributed by atoms with Gasteiger partial charge in [-0.2, -0.15) is 0 Å². The number of rotatable bonds is 2. The molecule has 0 radical (unpaired) electrons. The monoisotopic (exact) mass is 256 g/mol. The number of nitrogens with zero attached hydrogens (tertiary/aromatic N) is 2. The van der Waals surface area contributed by atoms with E-state index in [0.717, 1.165) is 23.0 Å². The van der Waals surface area contributed by atoms with Crippen molar-refractivity contribution in [1.29, 1.82) is 0 Å². The van der Waals surface area contributed by atoms with Gasteiger partial charge >= 0.3 is 5.63 Å². The molecule has 4 nitrogen and oxygen atoms in total. The predicted octanol–water partition coefficient (Wildman–Crippen LogP) is 3.11. The maximum absolute atomic E-state index is 11.9. The van der Waals surface area contributed by atoms with Crippen LogP contribution >= 0.6 is 0 Å². The van der Waals surface area contributed by atoms with Crippen LogP contribution in [-0.2, 0) is 6.54 Å². The van der Waals surface area contributed by atoms with Gasteiger partial charge in [-0.3, -0.25) is 0 Å². The zero-order valence-electron chi connectivity index (χ0n) is 11.3. The van der Waals surface area contributed by atoms with E-state index in [1.807, 2.05) is 29.7 Å². The van der Waals surface area contributed by atoms with Crippen molar-refractivity contribution in [2.75, 3.05) is 0 Å². The molecule has 0 bridgehead atoms. The first-order valence-electron chi connectivity index (χ1n) is 6.44. The van der Waals surface area contributed by atoms with Crippen LogP contribution in [0.3, 0.4) is 0 Å². The Morgan fingerprint density at radius 3 is 2.89 bits per heavy atom. The molecule has 3 aromatic rings. The summed E-state index contributed by atoms with van der Waals surface area (Å²) in [6.45, 7) is 7.15. The second-order valence-corrected chi connectivity index (χ2v) is 5.38. The topological polar surface area (TPSA) is 48.0 Å². The molecule has 98 valence electrons. The van der Waals surface area contributed by atoms with Gasteiger partial charge in [0.2, 0.25) is 0 Å². The summed E-state index contributed by atoms with van der Waals surface area (Å²) in [5, 5.41) is 0.952. The van der Waals surface area contributed by atoms with Gasteiger partial charge < -0.3 is 8.98 Å². The Balaban J connectivity index is 2.45. The van der Waals surface area contributed by atoms with E-state index in [1.165, 1.54) is 0 Å². The number of fused-ring (bicyclic) bond motifs is 3. The highest BCUT2D eigenvalue weighted by Gasteiger charge is 2.13. The molecule has 0 unspecified atom stereocenters. The van der Waals surface area contributed by atoms with Crippen LogP contribution in [0.25, 0.3) is 22.0 Å². The second-order valence-electron chi connectivity index (χ2n) is 5.38. The first kappa shape index (κ1) is 12.0. The van der Waals surface area contributed by atoms with Gasteiger partial charge in [0.25, 0.3) is 0 Å². The zero-order chi connectivity index (χ0) is 13.6. The van der Waals surface area contributed by atoms with Gasteiger partial charge in [0, 0.05) is 11.9 Å². The highest BCUT2D eigenvalue weighted by molar-refractivity contribution is 6.01. The van der Waals surface area contributed by atoms with Crippen LogP contribution in [0.2, 0.25) is 0 Å². The average Bonchev–Trinajstić information content (AvgIpc) is 2.74. The van der Waals surface area contributed by atoms with Crippen molar-refractivity contribution < 1.29 is 4.42 Å². The highest BCUT2D eigenvalue weighted by atomic mass is 16.4. The third-order valence-electron chi connectivity index (χ3n) is 3.19. The highest BCUT2D eigenvalue weighted by Crippen LogP contribution is 2.24. The quantitative estimate of drug-likeness (QED) is 0.662. The summed E-state index contributed by atoms with van der Waals surface area (Å²) >= 11 is 0. The molecule has 19 heavy (non-hydrogen) atoms. The first-order valence-corrected chi connectivity index (χ1v) is 6.44. The lowest BCUT2D eigenvalue weighted by molar-refractivity contribution is 0.532. The van der Waals surface area contributed by atoms with E-state index >= 15 is 0 Å². The van der Waals surface area contributed by atoms with Crippen LogP contribution < -0.4 is 5.63 Å². The molecule has 0 aliphatic carbocycles.